The van der Waals surface area contributed by atoms with Gasteiger partial charge in [0.25, 0.3) is 0 Å². The Bertz CT molecular complexity index is 836. The van der Waals surface area contributed by atoms with Gasteiger partial charge in [-0.25, -0.2) is 9.98 Å². The Morgan fingerprint density at radius 3 is 2.67 bits per heavy atom. The lowest BCUT2D eigenvalue weighted by molar-refractivity contribution is 0.201. The number of nitrogens with one attached hydrogen (secondary N) is 2. The van der Waals surface area contributed by atoms with Crippen LogP contribution in [0.4, 0.5) is 0 Å². The maximum absolute atomic E-state index is 5.95. The molecule has 0 amide bonds. The third-order valence-electron chi connectivity index (χ3n) is 5.70. The van der Waals surface area contributed by atoms with Crippen LogP contribution in [0, 0.1) is 13.8 Å². The molecule has 0 radical (unpaired) electrons. The molecule has 3 rings (SSSR count). The van der Waals surface area contributed by atoms with Crippen molar-refractivity contribution in [2.24, 2.45) is 12.0 Å². The molecular formula is C23H36N6O. The van der Waals surface area contributed by atoms with Crippen LogP contribution in [0.1, 0.15) is 62.0 Å². The summed E-state index contributed by atoms with van der Waals surface area (Å²) in [5, 5.41) is 11.4. The summed E-state index contributed by atoms with van der Waals surface area (Å²) in [6.07, 6.45) is 7.91. The lowest BCUT2D eigenvalue weighted by atomic mass is 10.1. The highest BCUT2D eigenvalue weighted by Crippen LogP contribution is 2.23. The van der Waals surface area contributed by atoms with E-state index in [0.717, 1.165) is 48.9 Å². The minimum Gasteiger partial charge on any atom is -0.474 e. The van der Waals surface area contributed by atoms with Gasteiger partial charge in [0, 0.05) is 37.6 Å². The molecule has 30 heavy (non-hydrogen) atoms. The molecule has 2 heterocycles. The van der Waals surface area contributed by atoms with Crippen LogP contribution in [-0.4, -0.2) is 39.4 Å². The van der Waals surface area contributed by atoms with E-state index in [1.54, 1.807) is 0 Å². The first-order valence-electron chi connectivity index (χ1n) is 11.1. The summed E-state index contributed by atoms with van der Waals surface area (Å²) < 4.78 is 7.89. The first-order valence-corrected chi connectivity index (χ1v) is 11.1. The molecule has 7 heteroatoms. The summed E-state index contributed by atoms with van der Waals surface area (Å²) in [4.78, 5) is 9.20. The second-order valence-corrected chi connectivity index (χ2v) is 8.25. The van der Waals surface area contributed by atoms with Gasteiger partial charge in [-0.1, -0.05) is 6.07 Å². The van der Waals surface area contributed by atoms with Gasteiger partial charge in [0.05, 0.1) is 12.2 Å². The molecule has 0 spiro atoms. The number of hydrogen-bond donors (Lipinski definition) is 2. The highest BCUT2D eigenvalue weighted by Gasteiger charge is 2.17. The maximum Gasteiger partial charge on any atom is 0.213 e. The van der Waals surface area contributed by atoms with E-state index in [9.17, 15) is 0 Å². The van der Waals surface area contributed by atoms with Crippen molar-refractivity contribution in [2.45, 2.75) is 78.5 Å². The Morgan fingerprint density at radius 1 is 1.30 bits per heavy atom. The number of nitrogens with zero attached hydrogens (tertiary/aromatic N) is 4. The van der Waals surface area contributed by atoms with Crippen molar-refractivity contribution in [1.29, 1.82) is 0 Å². The maximum atomic E-state index is 5.95. The Morgan fingerprint density at radius 2 is 2.07 bits per heavy atom. The van der Waals surface area contributed by atoms with E-state index >= 15 is 0 Å². The SMILES string of the molecule is CCNC(=NCc1ccc(OC2CCCC2)nc1)NC(C)Cc1c(C)nn(C)c1C. The topological polar surface area (TPSA) is 76.4 Å². The van der Waals surface area contributed by atoms with Crippen LogP contribution >= 0.6 is 0 Å². The lowest BCUT2D eigenvalue weighted by Crippen LogP contribution is -2.43. The molecule has 1 aliphatic rings. The molecule has 2 aromatic heterocycles. The van der Waals surface area contributed by atoms with E-state index in [4.69, 9.17) is 9.73 Å². The van der Waals surface area contributed by atoms with Gasteiger partial charge < -0.3 is 15.4 Å². The zero-order valence-electron chi connectivity index (χ0n) is 19.0. The average Bonchev–Trinajstić information content (AvgIpc) is 3.31. The van der Waals surface area contributed by atoms with E-state index in [1.807, 2.05) is 24.0 Å². The van der Waals surface area contributed by atoms with E-state index in [-0.39, 0.29) is 6.04 Å². The fourth-order valence-electron chi connectivity index (χ4n) is 3.94. The smallest absolute Gasteiger partial charge is 0.213 e. The van der Waals surface area contributed by atoms with Gasteiger partial charge in [-0.15, -0.1) is 0 Å². The number of guanidine groups is 1. The fourth-order valence-corrected chi connectivity index (χ4v) is 3.94. The standard InChI is InChI=1S/C23H36N6O/c1-6-24-23(27-16(2)13-21-17(3)28-29(5)18(21)4)26-15-19-11-12-22(25-14-19)30-20-9-7-8-10-20/h11-12,14,16,20H,6-10,13,15H2,1-5H3,(H2,24,26,27). The minimum atomic E-state index is 0.240. The molecule has 1 saturated carbocycles. The van der Waals surface area contributed by atoms with Crippen molar-refractivity contribution in [1.82, 2.24) is 25.4 Å². The zero-order valence-corrected chi connectivity index (χ0v) is 19.0. The van der Waals surface area contributed by atoms with E-state index in [0.29, 0.717) is 12.6 Å². The monoisotopic (exact) mass is 412 g/mol. The number of rotatable bonds is 8. The number of ether oxygens (including phenoxy) is 1. The van der Waals surface area contributed by atoms with Crippen molar-refractivity contribution in [3.63, 3.8) is 0 Å². The van der Waals surface area contributed by atoms with Crippen molar-refractivity contribution in [3.8, 4) is 5.88 Å². The Labute approximate surface area is 180 Å². The summed E-state index contributed by atoms with van der Waals surface area (Å²) in [6.45, 7) is 9.83. The van der Waals surface area contributed by atoms with Gasteiger partial charge in [0.15, 0.2) is 5.96 Å². The minimum absolute atomic E-state index is 0.240. The summed E-state index contributed by atoms with van der Waals surface area (Å²) in [5.41, 5.74) is 4.68. The number of aryl methyl sites for hydroxylation is 2. The van der Waals surface area contributed by atoms with Crippen molar-refractivity contribution in [2.75, 3.05) is 6.54 Å². The summed E-state index contributed by atoms with van der Waals surface area (Å²) >= 11 is 0. The van der Waals surface area contributed by atoms with Crippen LogP contribution in [0.3, 0.4) is 0 Å². The zero-order chi connectivity index (χ0) is 21.5. The largest absolute Gasteiger partial charge is 0.474 e. The van der Waals surface area contributed by atoms with Crippen LogP contribution in [0.2, 0.25) is 0 Å². The molecule has 1 fully saturated rings. The summed E-state index contributed by atoms with van der Waals surface area (Å²) in [7, 11) is 1.99. The van der Waals surface area contributed by atoms with Gasteiger partial charge in [-0.3, -0.25) is 4.68 Å². The van der Waals surface area contributed by atoms with Crippen LogP contribution in [0.15, 0.2) is 23.3 Å². The summed E-state index contributed by atoms with van der Waals surface area (Å²) in [5.74, 6) is 1.53. The number of pyridine rings is 1. The molecule has 2 N–H and O–H groups in total. The Kier molecular flexibility index (Phi) is 7.71. The highest BCUT2D eigenvalue weighted by atomic mass is 16.5. The molecule has 1 aliphatic carbocycles. The van der Waals surface area contributed by atoms with Crippen LogP contribution in [0.5, 0.6) is 5.88 Å². The van der Waals surface area contributed by atoms with Crippen molar-refractivity contribution >= 4 is 5.96 Å². The second-order valence-electron chi connectivity index (χ2n) is 8.25. The molecule has 0 aliphatic heterocycles. The third-order valence-corrected chi connectivity index (χ3v) is 5.70. The molecule has 164 valence electrons. The van der Waals surface area contributed by atoms with Gasteiger partial charge in [-0.2, -0.15) is 5.10 Å². The second kappa shape index (κ2) is 10.5. The first kappa shape index (κ1) is 22.1. The van der Waals surface area contributed by atoms with E-state index < -0.39 is 0 Å². The average molecular weight is 413 g/mol. The molecule has 1 atom stereocenters. The Hall–Kier alpha value is -2.57. The highest BCUT2D eigenvalue weighted by molar-refractivity contribution is 5.80. The van der Waals surface area contributed by atoms with Gasteiger partial charge in [0.2, 0.25) is 5.88 Å². The van der Waals surface area contributed by atoms with Gasteiger partial charge in [-0.05, 0) is 70.9 Å². The number of hydrogen-bond acceptors (Lipinski definition) is 4. The molecule has 0 saturated heterocycles. The summed E-state index contributed by atoms with van der Waals surface area (Å²) in [6, 6.07) is 4.25. The molecule has 1 unspecified atom stereocenters. The van der Waals surface area contributed by atoms with Crippen molar-refractivity contribution in [3.05, 3.63) is 40.8 Å². The van der Waals surface area contributed by atoms with E-state index in [2.05, 4.69) is 54.5 Å². The molecule has 2 aromatic rings. The quantitative estimate of drug-likeness (QED) is 0.513. The van der Waals surface area contributed by atoms with Gasteiger partial charge >= 0.3 is 0 Å². The predicted octanol–water partition coefficient (Wildman–Crippen LogP) is 3.44. The molecule has 7 nitrogen and oxygen atoms in total. The van der Waals surface area contributed by atoms with E-state index in [1.165, 1.54) is 24.1 Å². The van der Waals surface area contributed by atoms with Crippen molar-refractivity contribution < 1.29 is 4.74 Å². The Balaban J connectivity index is 1.56. The van der Waals surface area contributed by atoms with Crippen LogP contribution in [-0.2, 0) is 20.0 Å². The fraction of sp³-hybridized carbons (Fsp3) is 0.609. The van der Waals surface area contributed by atoms with Crippen LogP contribution in [0.25, 0.3) is 0 Å². The van der Waals surface area contributed by atoms with Crippen LogP contribution < -0.4 is 15.4 Å². The molecular weight excluding hydrogens is 376 g/mol. The number of aliphatic imine (C=N–C) groups is 1. The third kappa shape index (κ3) is 5.97. The molecule has 0 bridgehead atoms. The van der Waals surface area contributed by atoms with Gasteiger partial charge in [0.1, 0.15) is 6.10 Å². The normalized spacial score (nSPS) is 16.0. The molecule has 0 aromatic carbocycles. The predicted molar refractivity (Wildman–Crippen MR) is 121 cm³/mol. The number of aromatic nitrogens is 3. The lowest BCUT2D eigenvalue weighted by Gasteiger charge is -2.18. The first-order chi connectivity index (χ1) is 14.5.